The van der Waals surface area contributed by atoms with Gasteiger partial charge in [-0.05, 0) is 52.0 Å². The summed E-state index contributed by atoms with van der Waals surface area (Å²) in [7, 11) is 0. The Hall–Kier alpha value is -1.66. The Labute approximate surface area is 194 Å². The monoisotopic (exact) mass is 520 g/mol. The molecule has 0 spiro atoms. The van der Waals surface area contributed by atoms with Crippen LogP contribution in [0.15, 0.2) is 61.2 Å². The van der Waals surface area contributed by atoms with Crippen LogP contribution in [0.1, 0.15) is 46.2 Å². The molecule has 156 valence electrons. The molecule has 0 atom stereocenters. The van der Waals surface area contributed by atoms with Crippen LogP contribution in [0.25, 0.3) is 22.1 Å². The highest BCUT2D eigenvalue weighted by molar-refractivity contribution is 5.72. The van der Waals surface area contributed by atoms with Crippen molar-refractivity contribution < 1.29 is 43.1 Å². The van der Waals surface area contributed by atoms with Gasteiger partial charge in [0.25, 0.3) is 0 Å². The van der Waals surface area contributed by atoms with Gasteiger partial charge in [-0.15, -0.1) is 0 Å². The standard InChI is InChI=1S/C23H30N4.2BrH/c1-18(2)26-16-24(20-10-5-7-12-22(20)26)14-9-15-25-17-27(19(3)4)23-13-8-6-11-21(23)25;;/h5-8,10-13,16-19H,9,14-15H2,1-4H3;2*1H/q+2;;/p-2. The van der Waals surface area contributed by atoms with Gasteiger partial charge in [0.1, 0.15) is 0 Å². The summed E-state index contributed by atoms with van der Waals surface area (Å²) in [4.78, 5) is 0. The number of fused-ring (bicyclic) bond motifs is 2. The van der Waals surface area contributed by atoms with E-state index < -0.39 is 0 Å². The maximum absolute atomic E-state index is 2.40. The molecule has 0 radical (unpaired) electrons. The van der Waals surface area contributed by atoms with Gasteiger partial charge < -0.3 is 34.0 Å². The topological polar surface area (TPSA) is 17.6 Å². The van der Waals surface area contributed by atoms with E-state index in [9.17, 15) is 0 Å². The Bertz CT molecular complexity index is 993. The van der Waals surface area contributed by atoms with E-state index in [4.69, 9.17) is 0 Å². The average molecular weight is 522 g/mol. The lowest BCUT2D eigenvalue weighted by atomic mass is 10.3. The first-order chi connectivity index (χ1) is 13.1. The summed E-state index contributed by atoms with van der Waals surface area (Å²) in [5.41, 5.74) is 5.27. The average Bonchev–Trinajstić information content (AvgIpc) is 3.21. The molecule has 0 fully saturated rings. The Morgan fingerprint density at radius 3 is 1.41 bits per heavy atom. The van der Waals surface area contributed by atoms with Crippen LogP contribution in [0.3, 0.4) is 0 Å². The zero-order valence-electron chi connectivity index (χ0n) is 17.6. The van der Waals surface area contributed by atoms with Crippen molar-refractivity contribution in [3.8, 4) is 0 Å². The maximum Gasteiger partial charge on any atom is 0.244 e. The van der Waals surface area contributed by atoms with Gasteiger partial charge in [0.2, 0.25) is 12.7 Å². The van der Waals surface area contributed by atoms with Crippen molar-refractivity contribution in [1.29, 1.82) is 0 Å². The van der Waals surface area contributed by atoms with Crippen LogP contribution >= 0.6 is 0 Å². The van der Waals surface area contributed by atoms with Gasteiger partial charge >= 0.3 is 0 Å². The molecule has 0 bridgehead atoms. The molecule has 0 aliphatic rings. The number of nitrogens with zero attached hydrogens (tertiary/aromatic N) is 4. The third kappa shape index (κ3) is 4.58. The van der Waals surface area contributed by atoms with Crippen molar-refractivity contribution in [2.24, 2.45) is 0 Å². The highest BCUT2D eigenvalue weighted by Crippen LogP contribution is 2.17. The van der Waals surface area contributed by atoms with Gasteiger partial charge in [0.05, 0.1) is 25.2 Å². The lowest BCUT2D eigenvalue weighted by Crippen LogP contribution is -3.00. The molecule has 0 unspecified atom stereocenters. The molecule has 4 rings (SSSR count). The van der Waals surface area contributed by atoms with Crippen molar-refractivity contribution in [3.05, 3.63) is 61.2 Å². The quantitative estimate of drug-likeness (QED) is 0.273. The molecule has 29 heavy (non-hydrogen) atoms. The minimum absolute atomic E-state index is 0. The number of hydrogen-bond acceptors (Lipinski definition) is 0. The van der Waals surface area contributed by atoms with Crippen molar-refractivity contribution in [2.45, 2.75) is 59.3 Å². The SMILES string of the molecule is CC(C)n1c[n+](CCC[n+]2cn(C(C)C)c3ccccc32)c2ccccc21.[Br-].[Br-]. The molecule has 0 aliphatic heterocycles. The third-order valence-corrected chi connectivity index (χ3v) is 5.38. The van der Waals surface area contributed by atoms with Crippen molar-refractivity contribution in [1.82, 2.24) is 9.13 Å². The van der Waals surface area contributed by atoms with Gasteiger partial charge in [0, 0.05) is 6.42 Å². The van der Waals surface area contributed by atoms with Crippen molar-refractivity contribution in [2.75, 3.05) is 0 Å². The van der Waals surface area contributed by atoms with E-state index in [0.29, 0.717) is 12.1 Å². The van der Waals surface area contributed by atoms with Crippen molar-refractivity contribution in [3.63, 3.8) is 0 Å². The summed E-state index contributed by atoms with van der Waals surface area (Å²) in [5, 5.41) is 0. The second-order valence-corrected chi connectivity index (χ2v) is 7.95. The van der Waals surface area contributed by atoms with Gasteiger partial charge in [0.15, 0.2) is 22.1 Å². The smallest absolute Gasteiger partial charge is 0.244 e. The first kappa shape index (κ1) is 23.6. The minimum atomic E-state index is 0. The summed E-state index contributed by atoms with van der Waals surface area (Å²) in [6, 6.07) is 18.4. The fourth-order valence-corrected chi connectivity index (χ4v) is 3.99. The van der Waals surface area contributed by atoms with Gasteiger partial charge in [-0.1, -0.05) is 24.3 Å². The molecule has 6 heteroatoms. The summed E-state index contributed by atoms with van der Waals surface area (Å²) < 4.78 is 9.54. The van der Waals surface area contributed by atoms with Crippen LogP contribution in [0.5, 0.6) is 0 Å². The number of imidazole rings is 2. The molecule has 2 aromatic heterocycles. The number of para-hydroxylation sites is 4. The van der Waals surface area contributed by atoms with Crippen LogP contribution in [0.4, 0.5) is 0 Å². The number of benzene rings is 2. The summed E-state index contributed by atoms with van der Waals surface area (Å²) >= 11 is 0. The summed E-state index contributed by atoms with van der Waals surface area (Å²) in [5.74, 6) is 0. The van der Waals surface area contributed by atoms with E-state index in [-0.39, 0.29) is 34.0 Å². The van der Waals surface area contributed by atoms with Crippen LogP contribution in [-0.4, -0.2) is 9.13 Å². The van der Waals surface area contributed by atoms with E-state index in [1.807, 2.05) is 0 Å². The molecule has 0 saturated carbocycles. The fraction of sp³-hybridized carbons (Fsp3) is 0.391. The molecule has 2 aromatic carbocycles. The molecule has 2 heterocycles. The summed E-state index contributed by atoms with van der Waals surface area (Å²) in [6.45, 7) is 11.0. The van der Waals surface area contributed by atoms with Gasteiger partial charge in [-0.3, -0.25) is 0 Å². The van der Waals surface area contributed by atoms with Crippen LogP contribution in [0.2, 0.25) is 0 Å². The second-order valence-electron chi connectivity index (χ2n) is 7.95. The Morgan fingerprint density at radius 1 is 0.655 bits per heavy atom. The lowest BCUT2D eigenvalue weighted by Gasteiger charge is -2.00. The Kier molecular flexibility index (Phi) is 8.06. The Morgan fingerprint density at radius 2 is 1.03 bits per heavy atom. The van der Waals surface area contributed by atoms with Crippen molar-refractivity contribution >= 4 is 22.1 Å². The zero-order valence-corrected chi connectivity index (χ0v) is 20.8. The lowest BCUT2D eigenvalue weighted by molar-refractivity contribution is -0.703. The van der Waals surface area contributed by atoms with E-state index in [1.54, 1.807) is 0 Å². The van der Waals surface area contributed by atoms with Crippen LogP contribution < -0.4 is 43.1 Å². The van der Waals surface area contributed by atoms with Crippen LogP contribution in [0, 0.1) is 0 Å². The first-order valence-electron chi connectivity index (χ1n) is 10.0. The number of aromatic nitrogens is 4. The summed E-state index contributed by atoms with van der Waals surface area (Å²) in [6.07, 6.45) is 5.66. The van der Waals surface area contributed by atoms with E-state index in [0.717, 1.165) is 19.5 Å². The van der Waals surface area contributed by atoms with Crippen LogP contribution in [-0.2, 0) is 13.1 Å². The molecule has 0 aliphatic carbocycles. The van der Waals surface area contributed by atoms with E-state index in [2.05, 4.69) is 107 Å². The number of halogens is 2. The minimum Gasteiger partial charge on any atom is -1.00 e. The number of aryl methyl sites for hydroxylation is 2. The predicted octanol–water partition coefficient (Wildman–Crippen LogP) is -1.57. The molecular formula is C23H30Br2N4. The Balaban J connectivity index is 0.00000150. The second kappa shape index (κ2) is 9.90. The van der Waals surface area contributed by atoms with E-state index in [1.165, 1.54) is 22.1 Å². The van der Waals surface area contributed by atoms with Gasteiger partial charge in [-0.25, -0.2) is 18.3 Å². The normalized spacial score (nSPS) is 11.2. The molecular weight excluding hydrogens is 492 g/mol. The zero-order chi connectivity index (χ0) is 19.0. The first-order valence-corrected chi connectivity index (χ1v) is 10.0. The number of hydrogen-bond donors (Lipinski definition) is 0. The van der Waals surface area contributed by atoms with E-state index >= 15 is 0 Å². The highest BCUT2D eigenvalue weighted by Gasteiger charge is 2.19. The molecule has 0 amide bonds. The third-order valence-electron chi connectivity index (χ3n) is 5.38. The largest absolute Gasteiger partial charge is 1.00 e. The molecule has 0 N–H and O–H groups in total. The fourth-order valence-electron chi connectivity index (χ4n) is 3.99. The molecule has 4 nitrogen and oxygen atoms in total. The predicted molar refractivity (Wildman–Crippen MR) is 110 cm³/mol. The molecule has 0 saturated heterocycles. The maximum atomic E-state index is 2.40. The number of rotatable bonds is 6. The highest BCUT2D eigenvalue weighted by atomic mass is 79.9. The molecule has 4 aromatic rings. The van der Waals surface area contributed by atoms with Gasteiger partial charge in [-0.2, -0.15) is 0 Å².